The van der Waals surface area contributed by atoms with Crippen LogP contribution >= 0.6 is 0 Å². The second-order valence-corrected chi connectivity index (χ2v) is 4.50. The van der Waals surface area contributed by atoms with Crippen molar-refractivity contribution in [3.8, 4) is 22.9 Å². The van der Waals surface area contributed by atoms with Crippen LogP contribution in [0.4, 0.5) is 0 Å². The van der Waals surface area contributed by atoms with Crippen LogP contribution in [0.2, 0.25) is 0 Å². The average Bonchev–Trinajstić information content (AvgIpc) is 2.46. The monoisotopic (exact) mass is 273 g/mol. The van der Waals surface area contributed by atoms with E-state index in [0.717, 1.165) is 22.5 Å². The number of aryl methyl sites for hydroxylation is 2. The molecule has 0 aliphatic heterocycles. The summed E-state index contributed by atoms with van der Waals surface area (Å²) in [5.41, 5.74) is 9.36. The lowest BCUT2D eigenvalue weighted by Gasteiger charge is -2.11. The van der Waals surface area contributed by atoms with Crippen LogP contribution in [0.15, 0.2) is 18.2 Å². The molecule has 0 aliphatic rings. The smallest absolute Gasteiger partial charge is 0.159 e. The van der Waals surface area contributed by atoms with E-state index in [1.54, 1.807) is 14.2 Å². The molecular weight excluding hydrogens is 254 g/mol. The Morgan fingerprint density at radius 2 is 1.45 bits per heavy atom. The van der Waals surface area contributed by atoms with Gasteiger partial charge in [-0.15, -0.1) is 0 Å². The minimum absolute atomic E-state index is 0.444. The maximum atomic E-state index is 5.71. The van der Waals surface area contributed by atoms with Gasteiger partial charge >= 0.3 is 0 Å². The highest BCUT2D eigenvalue weighted by Gasteiger charge is 2.11. The minimum Gasteiger partial charge on any atom is -0.497 e. The van der Waals surface area contributed by atoms with Gasteiger partial charge in [0.05, 0.1) is 14.2 Å². The first kappa shape index (κ1) is 14.3. The molecule has 0 bridgehead atoms. The summed E-state index contributed by atoms with van der Waals surface area (Å²) in [7, 11) is 3.24. The van der Waals surface area contributed by atoms with Crippen molar-refractivity contribution in [2.24, 2.45) is 5.73 Å². The van der Waals surface area contributed by atoms with Gasteiger partial charge in [-0.1, -0.05) is 0 Å². The van der Waals surface area contributed by atoms with Gasteiger partial charge in [0.15, 0.2) is 5.82 Å². The van der Waals surface area contributed by atoms with E-state index < -0.39 is 0 Å². The minimum atomic E-state index is 0.444. The van der Waals surface area contributed by atoms with E-state index in [4.69, 9.17) is 15.2 Å². The Bertz CT molecular complexity index is 581. The Morgan fingerprint density at radius 1 is 0.950 bits per heavy atom. The zero-order valence-electron chi connectivity index (χ0n) is 12.2. The zero-order valence-corrected chi connectivity index (χ0v) is 12.2. The highest BCUT2D eigenvalue weighted by molar-refractivity contribution is 5.61. The number of benzene rings is 1. The lowest BCUT2D eigenvalue weighted by Crippen LogP contribution is -2.07. The number of rotatable bonds is 4. The fourth-order valence-electron chi connectivity index (χ4n) is 2.10. The Kier molecular flexibility index (Phi) is 4.20. The SMILES string of the molecule is COc1cc(OC)cc(-c2nc(C)c(CN)c(C)n2)c1. The van der Waals surface area contributed by atoms with Gasteiger partial charge in [0.1, 0.15) is 11.5 Å². The molecule has 20 heavy (non-hydrogen) atoms. The summed E-state index contributed by atoms with van der Waals surface area (Å²) < 4.78 is 10.5. The maximum Gasteiger partial charge on any atom is 0.159 e. The van der Waals surface area contributed by atoms with Crippen LogP contribution in [0.5, 0.6) is 11.5 Å². The molecule has 0 amide bonds. The van der Waals surface area contributed by atoms with Crippen molar-refractivity contribution in [2.45, 2.75) is 20.4 Å². The fourth-order valence-corrected chi connectivity index (χ4v) is 2.10. The quantitative estimate of drug-likeness (QED) is 0.925. The summed E-state index contributed by atoms with van der Waals surface area (Å²) in [5.74, 6) is 2.07. The molecule has 2 rings (SSSR count). The number of aromatic nitrogens is 2. The van der Waals surface area contributed by atoms with Crippen molar-refractivity contribution in [1.82, 2.24) is 9.97 Å². The van der Waals surface area contributed by atoms with Gasteiger partial charge in [-0.3, -0.25) is 0 Å². The van der Waals surface area contributed by atoms with Crippen LogP contribution in [-0.4, -0.2) is 24.2 Å². The van der Waals surface area contributed by atoms with Gasteiger partial charge in [-0.05, 0) is 26.0 Å². The molecular formula is C15H19N3O2. The predicted octanol–water partition coefficient (Wildman–Crippen LogP) is 2.24. The Balaban J connectivity index is 2.56. The predicted molar refractivity (Wildman–Crippen MR) is 77.9 cm³/mol. The second-order valence-electron chi connectivity index (χ2n) is 4.50. The number of hydrogen-bond acceptors (Lipinski definition) is 5. The Labute approximate surface area is 118 Å². The summed E-state index contributed by atoms with van der Waals surface area (Å²) in [6, 6.07) is 5.59. The van der Waals surface area contributed by atoms with E-state index in [9.17, 15) is 0 Å². The molecule has 2 N–H and O–H groups in total. The zero-order chi connectivity index (χ0) is 14.7. The largest absolute Gasteiger partial charge is 0.497 e. The molecule has 0 atom stereocenters. The first-order chi connectivity index (χ1) is 9.58. The molecule has 1 aromatic heterocycles. The van der Waals surface area contributed by atoms with E-state index in [1.165, 1.54) is 0 Å². The molecule has 0 radical (unpaired) electrons. The van der Waals surface area contributed by atoms with E-state index in [1.807, 2.05) is 32.0 Å². The normalized spacial score (nSPS) is 10.4. The van der Waals surface area contributed by atoms with Crippen LogP contribution in [0.1, 0.15) is 17.0 Å². The van der Waals surface area contributed by atoms with Gasteiger partial charge in [0.25, 0.3) is 0 Å². The number of hydrogen-bond donors (Lipinski definition) is 1. The molecule has 0 spiro atoms. The lowest BCUT2D eigenvalue weighted by molar-refractivity contribution is 0.394. The lowest BCUT2D eigenvalue weighted by atomic mass is 10.1. The van der Waals surface area contributed by atoms with Gasteiger partial charge in [-0.25, -0.2) is 9.97 Å². The molecule has 0 saturated heterocycles. The molecule has 0 unspecified atom stereocenters. The van der Waals surface area contributed by atoms with E-state index in [0.29, 0.717) is 23.9 Å². The third-order valence-corrected chi connectivity index (χ3v) is 3.23. The Morgan fingerprint density at radius 3 is 1.85 bits per heavy atom. The molecule has 5 nitrogen and oxygen atoms in total. The summed E-state index contributed by atoms with van der Waals surface area (Å²) >= 11 is 0. The van der Waals surface area contributed by atoms with Crippen LogP contribution in [0, 0.1) is 13.8 Å². The van der Waals surface area contributed by atoms with E-state index in [2.05, 4.69) is 9.97 Å². The average molecular weight is 273 g/mol. The molecule has 5 heteroatoms. The summed E-state index contributed by atoms with van der Waals surface area (Å²) in [6.45, 7) is 4.33. The summed E-state index contributed by atoms with van der Waals surface area (Å²) in [5, 5.41) is 0. The molecule has 0 fully saturated rings. The number of nitrogens with zero attached hydrogens (tertiary/aromatic N) is 2. The maximum absolute atomic E-state index is 5.71. The highest BCUT2D eigenvalue weighted by atomic mass is 16.5. The molecule has 1 heterocycles. The first-order valence-corrected chi connectivity index (χ1v) is 6.36. The van der Waals surface area contributed by atoms with Gasteiger partial charge in [0, 0.05) is 35.1 Å². The molecule has 0 saturated carbocycles. The summed E-state index contributed by atoms with van der Waals surface area (Å²) in [6.07, 6.45) is 0. The van der Waals surface area contributed by atoms with Crippen molar-refractivity contribution >= 4 is 0 Å². The summed E-state index contributed by atoms with van der Waals surface area (Å²) in [4.78, 5) is 9.05. The van der Waals surface area contributed by atoms with E-state index in [-0.39, 0.29) is 0 Å². The van der Waals surface area contributed by atoms with Crippen LogP contribution in [-0.2, 0) is 6.54 Å². The Hall–Kier alpha value is -2.14. The van der Waals surface area contributed by atoms with Crippen molar-refractivity contribution in [3.63, 3.8) is 0 Å². The van der Waals surface area contributed by atoms with Crippen LogP contribution < -0.4 is 15.2 Å². The molecule has 2 aromatic rings. The first-order valence-electron chi connectivity index (χ1n) is 6.36. The third kappa shape index (κ3) is 2.72. The third-order valence-electron chi connectivity index (χ3n) is 3.23. The van der Waals surface area contributed by atoms with Crippen molar-refractivity contribution < 1.29 is 9.47 Å². The standard InChI is InChI=1S/C15H19N3O2/c1-9-14(8-16)10(2)18-15(17-9)11-5-12(19-3)7-13(6-11)20-4/h5-7H,8,16H2,1-4H3. The number of nitrogens with two attached hydrogens (primary N) is 1. The second kappa shape index (κ2) is 5.88. The van der Waals surface area contributed by atoms with Crippen LogP contribution in [0.3, 0.4) is 0 Å². The fraction of sp³-hybridized carbons (Fsp3) is 0.333. The van der Waals surface area contributed by atoms with Gasteiger partial charge in [0.2, 0.25) is 0 Å². The van der Waals surface area contributed by atoms with E-state index >= 15 is 0 Å². The van der Waals surface area contributed by atoms with Crippen molar-refractivity contribution in [2.75, 3.05) is 14.2 Å². The number of ether oxygens (including phenoxy) is 2. The van der Waals surface area contributed by atoms with Crippen molar-refractivity contribution in [3.05, 3.63) is 35.2 Å². The molecule has 106 valence electrons. The van der Waals surface area contributed by atoms with Gasteiger partial charge < -0.3 is 15.2 Å². The highest BCUT2D eigenvalue weighted by Crippen LogP contribution is 2.28. The topological polar surface area (TPSA) is 70.3 Å². The molecule has 0 aliphatic carbocycles. The van der Waals surface area contributed by atoms with Crippen LogP contribution in [0.25, 0.3) is 11.4 Å². The van der Waals surface area contributed by atoms with Gasteiger partial charge in [-0.2, -0.15) is 0 Å². The number of methoxy groups -OCH3 is 2. The molecule has 1 aromatic carbocycles. The van der Waals surface area contributed by atoms with Crippen molar-refractivity contribution in [1.29, 1.82) is 0 Å².